The summed E-state index contributed by atoms with van der Waals surface area (Å²) in [5.41, 5.74) is 5.12. The van der Waals surface area contributed by atoms with E-state index in [2.05, 4.69) is 22.4 Å². The highest BCUT2D eigenvalue weighted by Crippen LogP contribution is 2.24. The number of nitrogens with zero attached hydrogens (tertiary/aromatic N) is 2. The van der Waals surface area contributed by atoms with Crippen LogP contribution in [0.2, 0.25) is 0 Å². The Bertz CT molecular complexity index is 1560. The van der Waals surface area contributed by atoms with Crippen LogP contribution in [-0.2, 0) is 17.6 Å². The maximum atomic E-state index is 13.5. The molecule has 0 spiro atoms. The van der Waals surface area contributed by atoms with Gasteiger partial charge in [-0.3, -0.25) is 14.7 Å². The molecule has 2 heterocycles. The van der Waals surface area contributed by atoms with E-state index < -0.39 is 11.7 Å². The van der Waals surface area contributed by atoms with Gasteiger partial charge in [0.25, 0.3) is 5.56 Å². The van der Waals surface area contributed by atoms with Crippen LogP contribution in [0, 0.1) is 0 Å². The fraction of sp³-hybridized carbons (Fsp3) is 0.194. The number of hydrogen-bond donors (Lipinski definition) is 2. The Morgan fingerprint density at radius 3 is 2.18 bits per heavy atom. The third kappa shape index (κ3) is 5.83. The lowest BCUT2D eigenvalue weighted by Gasteiger charge is -2.19. The minimum atomic E-state index is -0.575. The number of hydrogen-bond acceptors (Lipinski definition) is 4. The molecule has 7 heteroatoms. The van der Waals surface area contributed by atoms with E-state index in [9.17, 15) is 9.59 Å². The molecule has 0 aromatic heterocycles. The molecule has 0 fully saturated rings. The first kappa shape index (κ1) is 25.0. The number of aromatic nitrogens is 3. The number of nitrogens with one attached hydrogen (secondary N) is 2. The summed E-state index contributed by atoms with van der Waals surface area (Å²) in [6.07, 6.45) is 2.31. The van der Waals surface area contributed by atoms with Crippen molar-refractivity contribution in [3.8, 4) is 17.1 Å². The molecule has 0 unspecified atom stereocenters. The van der Waals surface area contributed by atoms with E-state index in [0.29, 0.717) is 30.0 Å². The SMILES string of the molecule is CC(C)(C)OC(=O)Nc1ccc(Cc2nc3c(Cc4ccccc4)[nH]c(-c4ccccc4)cn-3c2=O)cc1. The van der Waals surface area contributed by atoms with Crippen molar-refractivity contribution in [3.05, 3.63) is 124 Å². The monoisotopic (exact) mass is 506 g/mol. The van der Waals surface area contributed by atoms with Crippen molar-refractivity contribution >= 4 is 11.8 Å². The van der Waals surface area contributed by atoms with Gasteiger partial charge in [0.2, 0.25) is 0 Å². The van der Waals surface area contributed by atoms with Crippen molar-refractivity contribution in [2.45, 2.75) is 39.2 Å². The van der Waals surface area contributed by atoms with E-state index in [0.717, 1.165) is 28.1 Å². The minimum absolute atomic E-state index is 0.142. The molecule has 7 nitrogen and oxygen atoms in total. The number of aromatic amines is 1. The Hall–Kier alpha value is -4.65. The first-order chi connectivity index (χ1) is 18.2. The van der Waals surface area contributed by atoms with Gasteiger partial charge in [-0.25, -0.2) is 9.78 Å². The molecule has 192 valence electrons. The zero-order valence-electron chi connectivity index (χ0n) is 21.7. The van der Waals surface area contributed by atoms with E-state index in [1.165, 1.54) is 0 Å². The maximum Gasteiger partial charge on any atom is 0.412 e. The standard InChI is InChI=1S/C31H30N4O3/c1-31(2,3)38-30(37)32-24-16-14-22(15-17-24)19-26-29(36)35-20-27(23-12-8-5-9-13-23)33-25(28(35)34-26)18-21-10-6-4-7-11-21/h4-17,20,33H,18-19H2,1-3H3,(H,32,37). The lowest BCUT2D eigenvalue weighted by Crippen LogP contribution is -2.27. The third-order valence-corrected chi connectivity index (χ3v) is 6.03. The van der Waals surface area contributed by atoms with Crippen LogP contribution in [0.3, 0.4) is 0 Å². The molecular formula is C31H30N4O3. The quantitative estimate of drug-likeness (QED) is 0.287. The average Bonchev–Trinajstić information content (AvgIpc) is 3.20. The summed E-state index contributed by atoms with van der Waals surface area (Å²) in [7, 11) is 0. The predicted octanol–water partition coefficient (Wildman–Crippen LogP) is 6.19. The Labute approximate surface area is 221 Å². The Morgan fingerprint density at radius 2 is 1.53 bits per heavy atom. The van der Waals surface area contributed by atoms with Crippen molar-refractivity contribution in [1.29, 1.82) is 0 Å². The molecule has 0 saturated carbocycles. The van der Waals surface area contributed by atoms with Crippen LogP contribution in [0.25, 0.3) is 17.1 Å². The lowest BCUT2D eigenvalue weighted by molar-refractivity contribution is 0.0636. The number of benzene rings is 3. The summed E-state index contributed by atoms with van der Waals surface area (Å²) >= 11 is 0. The number of anilines is 1. The number of fused-ring (bicyclic) bond motifs is 1. The summed E-state index contributed by atoms with van der Waals surface area (Å²) in [5, 5.41) is 2.73. The summed E-state index contributed by atoms with van der Waals surface area (Å²) in [6, 6.07) is 27.4. The van der Waals surface area contributed by atoms with Gasteiger partial charge in [0.05, 0.1) is 11.4 Å². The highest BCUT2D eigenvalue weighted by molar-refractivity contribution is 5.84. The largest absolute Gasteiger partial charge is 0.444 e. The molecule has 2 aliphatic heterocycles. The molecule has 2 aliphatic rings. The molecule has 5 rings (SSSR count). The Balaban J connectivity index is 1.45. The number of H-pyrrole nitrogens is 1. The molecule has 0 bridgehead atoms. The summed E-state index contributed by atoms with van der Waals surface area (Å²) < 4.78 is 6.95. The van der Waals surface area contributed by atoms with Crippen molar-refractivity contribution in [3.63, 3.8) is 0 Å². The molecule has 0 aliphatic carbocycles. The summed E-state index contributed by atoms with van der Waals surface area (Å²) in [5.74, 6) is 0.622. The molecule has 0 atom stereocenters. The molecule has 3 aromatic rings. The van der Waals surface area contributed by atoms with Crippen molar-refractivity contribution in [1.82, 2.24) is 14.5 Å². The minimum Gasteiger partial charge on any atom is -0.444 e. The molecule has 0 radical (unpaired) electrons. The van der Waals surface area contributed by atoms with Gasteiger partial charge >= 0.3 is 6.09 Å². The van der Waals surface area contributed by atoms with Crippen LogP contribution >= 0.6 is 0 Å². The van der Waals surface area contributed by atoms with E-state index in [4.69, 9.17) is 9.72 Å². The normalized spacial score (nSPS) is 11.4. The van der Waals surface area contributed by atoms with Crippen LogP contribution in [0.15, 0.2) is 95.9 Å². The fourth-order valence-corrected chi connectivity index (χ4v) is 4.30. The summed E-state index contributed by atoms with van der Waals surface area (Å²) in [6.45, 7) is 5.45. The van der Waals surface area contributed by atoms with Gasteiger partial charge in [-0.2, -0.15) is 0 Å². The van der Waals surface area contributed by atoms with Gasteiger partial charge in [0.1, 0.15) is 11.3 Å². The molecule has 1 amide bonds. The lowest BCUT2D eigenvalue weighted by atomic mass is 10.1. The number of amides is 1. The molecule has 3 aromatic carbocycles. The van der Waals surface area contributed by atoms with Crippen molar-refractivity contribution < 1.29 is 9.53 Å². The Morgan fingerprint density at radius 1 is 0.895 bits per heavy atom. The van der Waals surface area contributed by atoms with E-state index >= 15 is 0 Å². The van der Waals surface area contributed by atoms with Crippen LogP contribution in [0.1, 0.15) is 43.3 Å². The third-order valence-electron chi connectivity index (χ3n) is 6.03. The van der Waals surface area contributed by atoms with Gasteiger partial charge in [0.15, 0.2) is 5.82 Å². The van der Waals surface area contributed by atoms with Gasteiger partial charge < -0.3 is 9.72 Å². The van der Waals surface area contributed by atoms with Gasteiger partial charge in [-0.1, -0.05) is 72.8 Å². The number of ether oxygens (including phenoxy) is 1. The summed E-state index contributed by atoms with van der Waals surface area (Å²) in [4.78, 5) is 33.8. The van der Waals surface area contributed by atoms with Crippen molar-refractivity contribution in [2.75, 3.05) is 5.32 Å². The molecule has 0 saturated heterocycles. The molecule has 2 N–H and O–H groups in total. The second kappa shape index (κ2) is 10.4. The highest BCUT2D eigenvalue weighted by atomic mass is 16.6. The first-order valence-electron chi connectivity index (χ1n) is 12.6. The van der Waals surface area contributed by atoms with Crippen LogP contribution < -0.4 is 10.9 Å². The van der Waals surface area contributed by atoms with Gasteiger partial charge in [-0.15, -0.1) is 0 Å². The molecular weight excluding hydrogens is 476 g/mol. The maximum absolute atomic E-state index is 13.5. The zero-order valence-corrected chi connectivity index (χ0v) is 21.7. The van der Waals surface area contributed by atoms with Crippen LogP contribution in [0.5, 0.6) is 0 Å². The van der Waals surface area contributed by atoms with E-state index in [1.54, 1.807) is 16.7 Å². The van der Waals surface area contributed by atoms with E-state index in [-0.39, 0.29) is 5.56 Å². The van der Waals surface area contributed by atoms with Gasteiger partial charge in [0, 0.05) is 24.7 Å². The second-order valence-corrected chi connectivity index (χ2v) is 10.2. The number of rotatable bonds is 6. The van der Waals surface area contributed by atoms with E-state index in [1.807, 2.05) is 87.6 Å². The topological polar surface area (TPSA) is 89.0 Å². The number of imidazole rings is 1. The average molecular weight is 507 g/mol. The number of carbonyl (C=O) groups excluding carboxylic acids is 1. The highest BCUT2D eigenvalue weighted by Gasteiger charge is 2.21. The fourth-order valence-electron chi connectivity index (χ4n) is 4.30. The second-order valence-electron chi connectivity index (χ2n) is 10.2. The van der Waals surface area contributed by atoms with Crippen LogP contribution in [-0.4, -0.2) is 26.2 Å². The van der Waals surface area contributed by atoms with Crippen molar-refractivity contribution in [2.24, 2.45) is 0 Å². The Kier molecular flexibility index (Phi) is 6.83. The first-order valence-corrected chi connectivity index (χ1v) is 12.6. The predicted molar refractivity (Wildman–Crippen MR) is 149 cm³/mol. The smallest absolute Gasteiger partial charge is 0.412 e. The zero-order chi connectivity index (χ0) is 26.7. The van der Waals surface area contributed by atoms with Crippen LogP contribution in [0.4, 0.5) is 10.5 Å². The van der Waals surface area contributed by atoms with Gasteiger partial charge in [-0.05, 0) is 49.6 Å². The number of carbonyl (C=O) groups is 1. The molecule has 38 heavy (non-hydrogen) atoms.